The standard InChI is InChI=1S/C15H20F3N3/c1-2-10-5-3-4-8-21(10)11-6-7-12(14(19)20)13(9-11)15(16,17)18/h6-7,9-10H,2-5,8H2,1H3,(H3,19,20). The fourth-order valence-corrected chi connectivity index (χ4v) is 2.95. The van der Waals surface area contributed by atoms with Gasteiger partial charge in [0.15, 0.2) is 0 Å². The first-order valence-electron chi connectivity index (χ1n) is 7.17. The molecule has 0 aromatic heterocycles. The van der Waals surface area contributed by atoms with Gasteiger partial charge in [-0.25, -0.2) is 0 Å². The molecule has 1 aliphatic heterocycles. The monoisotopic (exact) mass is 299 g/mol. The molecule has 21 heavy (non-hydrogen) atoms. The molecule has 1 saturated heterocycles. The zero-order valence-corrected chi connectivity index (χ0v) is 12.0. The number of nitrogen functional groups attached to an aromatic ring is 1. The lowest BCUT2D eigenvalue weighted by atomic mass is 9.97. The van der Waals surface area contributed by atoms with E-state index in [4.69, 9.17) is 11.1 Å². The summed E-state index contributed by atoms with van der Waals surface area (Å²) in [7, 11) is 0. The summed E-state index contributed by atoms with van der Waals surface area (Å²) in [4.78, 5) is 2.04. The van der Waals surface area contributed by atoms with Crippen LogP contribution in [0.15, 0.2) is 18.2 Å². The molecule has 116 valence electrons. The Labute approximate surface area is 122 Å². The Morgan fingerprint density at radius 2 is 2.10 bits per heavy atom. The van der Waals surface area contributed by atoms with Crippen molar-refractivity contribution in [2.24, 2.45) is 5.73 Å². The van der Waals surface area contributed by atoms with E-state index in [0.717, 1.165) is 38.3 Å². The van der Waals surface area contributed by atoms with E-state index >= 15 is 0 Å². The average molecular weight is 299 g/mol. The van der Waals surface area contributed by atoms with Crippen molar-refractivity contribution < 1.29 is 13.2 Å². The summed E-state index contributed by atoms with van der Waals surface area (Å²) in [5, 5.41) is 7.31. The Kier molecular flexibility index (Phi) is 4.44. The molecule has 3 nitrogen and oxygen atoms in total. The second-order valence-electron chi connectivity index (χ2n) is 5.39. The number of benzene rings is 1. The molecule has 1 aliphatic rings. The smallest absolute Gasteiger partial charge is 0.384 e. The molecule has 0 saturated carbocycles. The number of halogens is 3. The fraction of sp³-hybridized carbons (Fsp3) is 0.533. The van der Waals surface area contributed by atoms with Gasteiger partial charge in [-0.3, -0.25) is 5.41 Å². The Bertz CT molecular complexity index is 525. The van der Waals surface area contributed by atoms with Gasteiger partial charge in [-0.2, -0.15) is 13.2 Å². The van der Waals surface area contributed by atoms with E-state index in [1.54, 1.807) is 6.07 Å². The van der Waals surface area contributed by atoms with E-state index in [9.17, 15) is 13.2 Å². The lowest BCUT2D eigenvalue weighted by molar-refractivity contribution is -0.137. The number of nitrogens with zero attached hydrogens (tertiary/aromatic N) is 1. The van der Waals surface area contributed by atoms with Gasteiger partial charge in [-0.1, -0.05) is 6.92 Å². The van der Waals surface area contributed by atoms with Crippen LogP contribution in [0.3, 0.4) is 0 Å². The van der Waals surface area contributed by atoms with Crippen LogP contribution in [0.4, 0.5) is 18.9 Å². The third-order valence-corrected chi connectivity index (χ3v) is 4.03. The average Bonchev–Trinajstić information content (AvgIpc) is 2.45. The maximum atomic E-state index is 13.2. The predicted octanol–water partition coefficient (Wildman–Crippen LogP) is 3.76. The minimum Gasteiger partial charge on any atom is -0.384 e. The van der Waals surface area contributed by atoms with Crippen LogP contribution in [-0.4, -0.2) is 18.4 Å². The number of piperidine rings is 1. The van der Waals surface area contributed by atoms with Crippen molar-refractivity contribution in [2.45, 2.75) is 44.8 Å². The van der Waals surface area contributed by atoms with Crippen molar-refractivity contribution in [3.05, 3.63) is 29.3 Å². The Balaban J connectivity index is 2.44. The van der Waals surface area contributed by atoms with Gasteiger partial charge in [0.2, 0.25) is 0 Å². The number of hydrogen-bond acceptors (Lipinski definition) is 2. The molecule has 2 rings (SSSR count). The van der Waals surface area contributed by atoms with Crippen LogP contribution in [0.5, 0.6) is 0 Å². The molecule has 3 N–H and O–H groups in total. The zero-order valence-electron chi connectivity index (χ0n) is 12.0. The topological polar surface area (TPSA) is 53.1 Å². The minimum atomic E-state index is -4.51. The summed E-state index contributed by atoms with van der Waals surface area (Å²) in [6.45, 7) is 2.83. The van der Waals surface area contributed by atoms with Gasteiger partial charge in [-0.15, -0.1) is 0 Å². The molecule has 6 heteroatoms. The quantitative estimate of drug-likeness (QED) is 0.659. The molecule has 1 heterocycles. The Morgan fingerprint density at radius 1 is 1.38 bits per heavy atom. The van der Waals surface area contributed by atoms with Crippen molar-refractivity contribution in [1.82, 2.24) is 0 Å². The molecule has 0 spiro atoms. The highest BCUT2D eigenvalue weighted by Gasteiger charge is 2.35. The Hall–Kier alpha value is -1.72. The van der Waals surface area contributed by atoms with Crippen molar-refractivity contribution in [1.29, 1.82) is 5.41 Å². The maximum absolute atomic E-state index is 13.2. The van der Waals surface area contributed by atoms with Crippen LogP contribution in [-0.2, 0) is 6.18 Å². The summed E-state index contributed by atoms with van der Waals surface area (Å²) in [5.41, 5.74) is 4.75. The molecule has 1 fully saturated rings. The van der Waals surface area contributed by atoms with Crippen LogP contribution in [0.2, 0.25) is 0 Å². The lowest BCUT2D eigenvalue weighted by Crippen LogP contribution is -2.39. The molecular weight excluding hydrogens is 279 g/mol. The molecule has 0 radical (unpaired) electrons. The first-order valence-corrected chi connectivity index (χ1v) is 7.17. The maximum Gasteiger partial charge on any atom is 0.417 e. The summed E-state index contributed by atoms with van der Waals surface area (Å²) < 4.78 is 39.5. The van der Waals surface area contributed by atoms with Crippen molar-refractivity contribution >= 4 is 11.5 Å². The van der Waals surface area contributed by atoms with E-state index in [-0.39, 0.29) is 11.6 Å². The number of anilines is 1. The SMILES string of the molecule is CCC1CCCCN1c1ccc(C(=N)N)c(C(F)(F)F)c1. The highest BCUT2D eigenvalue weighted by molar-refractivity contribution is 5.97. The van der Waals surface area contributed by atoms with Gasteiger partial charge in [0, 0.05) is 23.8 Å². The number of hydrogen-bond donors (Lipinski definition) is 2. The second kappa shape index (κ2) is 5.95. The van der Waals surface area contributed by atoms with Crippen LogP contribution >= 0.6 is 0 Å². The van der Waals surface area contributed by atoms with Crippen molar-refractivity contribution in [3.8, 4) is 0 Å². The largest absolute Gasteiger partial charge is 0.417 e. The third-order valence-electron chi connectivity index (χ3n) is 4.03. The summed E-state index contributed by atoms with van der Waals surface area (Å²) in [5.74, 6) is -0.556. The first-order chi connectivity index (χ1) is 9.84. The van der Waals surface area contributed by atoms with E-state index in [2.05, 4.69) is 6.92 Å². The van der Waals surface area contributed by atoms with Crippen LogP contribution < -0.4 is 10.6 Å². The van der Waals surface area contributed by atoms with Gasteiger partial charge < -0.3 is 10.6 Å². The summed E-state index contributed by atoms with van der Waals surface area (Å²) in [6, 6.07) is 4.36. The highest BCUT2D eigenvalue weighted by Crippen LogP contribution is 2.36. The Morgan fingerprint density at radius 3 is 2.67 bits per heavy atom. The fourth-order valence-electron chi connectivity index (χ4n) is 2.95. The van der Waals surface area contributed by atoms with Crippen LogP contribution in [0.25, 0.3) is 0 Å². The van der Waals surface area contributed by atoms with Gasteiger partial charge in [0.25, 0.3) is 0 Å². The third kappa shape index (κ3) is 3.31. The van der Waals surface area contributed by atoms with Crippen LogP contribution in [0.1, 0.15) is 43.7 Å². The lowest BCUT2D eigenvalue weighted by Gasteiger charge is -2.37. The van der Waals surface area contributed by atoms with Crippen molar-refractivity contribution in [3.63, 3.8) is 0 Å². The molecule has 0 aliphatic carbocycles. The molecule has 1 atom stereocenters. The normalized spacial score (nSPS) is 19.6. The van der Waals surface area contributed by atoms with Gasteiger partial charge in [0.1, 0.15) is 5.84 Å². The number of alkyl halides is 3. The van der Waals surface area contributed by atoms with Gasteiger partial charge in [-0.05, 0) is 43.9 Å². The molecular formula is C15H20F3N3. The van der Waals surface area contributed by atoms with E-state index in [0.29, 0.717) is 5.69 Å². The summed E-state index contributed by atoms with van der Waals surface area (Å²) in [6.07, 6.45) is -0.477. The molecule has 1 unspecified atom stereocenters. The number of nitrogens with one attached hydrogen (secondary N) is 1. The van der Waals surface area contributed by atoms with E-state index < -0.39 is 17.6 Å². The van der Waals surface area contributed by atoms with E-state index in [1.807, 2.05) is 4.90 Å². The zero-order chi connectivity index (χ0) is 15.6. The molecule has 1 aromatic rings. The number of nitrogens with two attached hydrogens (primary N) is 1. The first kappa shape index (κ1) is 15.7. The summed E-state index contributed by atoms with van der Waals surface area (Å²) >= 11 is 0. The molecule has 1 aromatic carbocycles. The predicted molar refractivity (Wildman–Crippen MR) is 77.7 cm³/mol. The molecule has 0 amide bonds. The van der Waals surface area contributed by atoms with Gasteiger partial charge in [0.05, 0.1) is 5.56 Å². The minimum absolute atomic E-state index is 0.253. The number of rotatable bonds is 3. The highest BCUT2D eigenvalue weighted by atomic mass is 19.4. The van der Waals surface area contributed by atoms with E-state index in [1.165, 1.54) is 6.07 Å². The van der Waals surface area contributed by atoms with Gasteiger partial charge >= 0.3 is 6.18 Å². The molecule has 0 bridgehead atoms. The number of amidine groups is 1. The van der Waals surface area contributed by atoms with Crippen molar-refractivity contribution in [2.75, 3.05) is 11.4 Å². The van der Waals surface area contributed by atoms with Crippen LogP contribution in [0, 0.1) is 5.41 Å². The second-order valence-corrected chi connectivity index (χ2v) is 5.39.